The fourth-order valence-electron chi connectivity index (χ4n) is 5.67. The Morgan fingerprint density at radius 2 is 1.62 bits per heavy atom. The van der Waals surface area contributed by atoms with E-state index < -0.39 is 0 Å². The maximum absolute atomic E-state index is 12.8. The molecule has 2 fully saturated rings. The Hall–Kier alpha value is -3.21. The van der Waals surface area contributed by atoms with E-state index in [1.165, 1.54) is 21.6 Å². The normalized spacial score (nSPS) is 27.9. The Morgan fingerprint density at radius 3 is 2.38 bits per heavy atom. The minimum atomic E-state index is -0.335. The zero-order chi connectivity index (χ0) is 19.7. The van der Waals surface area contributed by atoms with Crippen LogP contribution in [0.5, 0.6) is 0 Å². The Bertz CT molecular complexity index is 1090. The molecule has 29 heavy (non-hydrogen) atoms. The Labute approximate surface area is 168 Å². The van der Waals surface area contributed by atoms with E-state index in [-0.39, 0.29) is 47.9 Å². The second kappa shape index (κ2) is 5.89. The van der Waals surface area contributed by atoms with Gasteiger partial charge in [0.25, 0.3) is 0 Å². The van der Waals surface area contributed by atoms with Crippen LogP contribution in [0.4, 0.5) is 5.69 Å². The summed E-state index contributed by atoms with van der Waals surface area (Å²) in [6, 6.07) is 14.2. The molecule has 2 aromatic rings. The zero-order valence-corrected chi connectivity index (χ0v) is 15.8. The number of anilines is 1. The first kappa shape index (κ1) is 16.7. The highest BCUT2D eigenvalue weighted by Gasteiger charge is 2.59. The molecule has 1 N–H and O–H groups in total. The number of amides is 3. The van der Waals surface area contributed by atoms with E-state index >= 15 is 0 Å². The molecular weight excluding hydrogens is 364 g/mol. The number of fused-ring (bicyclic) bond motifs is 8. The van der Waals surface area contributed by atoms with Gasteiger partial charge in [0.2, 0.25) is 17.7 Å². The topological polar surface area (TPSA) is 66.5 Å². The first-order chi connectivity index (χ1) is 14.1. The standard InChI is InChI=1S/C24H20N2O3/c27-20(12-26-23(28)21-15-5-6-16(10-15)22(21)24(26)29)25-17-8-7-14-9-13-3-1-2-4-18(13)19(14)11-17/h1-8,11,15-16,21-22H,9-10,12H2,(H,25,27)/t15-,16+,21-,22-/m0/s1. The number of hydrogen-bond acceptors (Lipinski definition) is 3. The van der Waals surface area contributed by atoms with Crippen LogP contribution in [-0.2, 0) is 20.8 Å². The lowest BCUT2D eigenvalue weighted by Crippen LogP contribution is -2.39. The predicted octanol–water partition coefficient (Wildman–Crippen LogP) is 3.00. The average molecular weight is 384 g/mol. The third kappa shape index (κ3) is 2.36. The summed E-state index contributed by atoms with van der Waals surface area (Å²) in [5.41, 5.74) is 5.54. The van der Waals surface area contributed by atoms with E-state index in [2.05, 4.69) is 29.6 Å². The molecule has 2 bridgehead atoms. The van der Waals surface area contributed by atoms with Crippen molar-refractivity contribution >= 4 is 23.4 Å². The van der Waals surface area contributed by atoms with E-state index in [0.717, 1.165) is 18.4 Å². The second-order valence-electron chi connectivity index (χ2n) is 8.52. The monoisotopic (exact) mass is 384 g/mol. The fraction of sp³-hybridized carbons (Fsp3) is 0.292. The van der Waals surface area contributed by atoms with Crippen LogP contribution in [0.1, 0.15) is 17.5 Å². The minimum Gasteiger partial charge on any atom is -0.325 e. The van der Waals surface area contributed by atoms with Crippen molar-refractivity contribution in [2.75, 3.05) is 11.9 Å². The summed E-state index contributed by atoms with van der Waals surface area (Å²) in [5.74, 6) is -0.913. The summed E-state index contributed by atoms with van der Waals surface area (Å²) in [6.45, 7) is -0.211. The van der Waals surface area contributed by atoms with Gasteiger partial charge in [0.05, 0.1) is 11.8 Å². The predicted molar refractivity (Wildman–Crippen MR) is 108 cm³/mol. The average Bonchev–Trinajstić information content (AvgIpc) is 3.47. The molecule has 144 valence electrons. The molecule has 1 saturated carbocycles. The highest BCUT2D eigenvalue weighted by atomic mass is 16.2. The number of nitrogens with zero attached hydrogens (tertiary/aromatic N) is 1. The third-order valence-electron chi connectivity index (χ3n) is 6.95. The summed E-state index contributed by atoms with van der Waals surface area (Å²) in [5, 5.41) is 2.87. The molecule has 1 saturated heterocycles. The largest absolute Gasteiger partial charge is 0.325 e. The van der Waals surface area contributed by atoms with Crippen LogP contribution in [-0.4, -0.2) is 29.2 Å². The molecule has 0 aromatic heterocycles. The number of rotatable bonds is 3. The number of nitrogens with one attached hydrogen (secondary N) is 1. The fourth-order valence-corrected chi connectivity index (χ4v) is 5.67. The van der Waals surface area contributed by atoms with Crippen molar-refractivity contribution in [1.29, 1.82) is 0 Å². The molecule has 3 amide bonds. The highest BCUT2D eigenvalue weighted by molar-refractivity contribution is 6.09. The van der Waals surface area contributed by atoms with Crippen molar-refractivity contribution in [2.45, 2.75) is 12.8 Å². The molecular formula is C24H20N2O3. The van der Waals surface area contributed by atoms with Gasteiger partial charge in [0.1, 0.15) is 6.54 Å². The smallest absolute Gasteiger partial charge is 0.244 e. The van der Waals surface area contributed by atoms with Gasteiger partial charge in [-0.25, -0.2) is 0 Å². The molecule has 0 unspecified atom stereocenters. The highest BCUT2D eigenvalue weighted by Crippen LogP contribution is 2.52. The van der Waals surface area contributed by atoms with Gasteiger partial charge >= 0.3 is 0 Å². The van der Waals surface area contributed by atoms with Crippen LogP contribution in [0.2, 0.25) is 0 Å². The quantitative estimate of drug-likeness (QED) is 0.558. The maximum Gasteiger partial charge on any atom is 0.244 e. The van der Waals surface area contributed by atoms with Crippen molar-refractivity contribution in [3.63, 3.8) is 0 Å². The van der Waals surface area contributed by atoms with Crippen LogP contribution in [0.3, 0.4) is 0 Å². The summed E-state index contributed by atoms with van der Waals surface area (Å²) in [4.78, 5) is 39.3. The van der Waals surface area contributed by atoms with Crippen LogP contribution >= 0.6 is 0 Å². The van der Waals surface area contributed by atoms with Gasteiger partial charge in [-0.3, -0.25) is 19.3 Å². The molecule has 6 rings (SSSR count). The second-order valence-corrected chi connectivity index (χ2v) is 8.52. The summed E-state index contributed by atoms with van der Waals surface area (Å²) in [7, 11) is 0. The molecule has 5 heteroatoms. The lowest BCUT2D eigenvalue weighted by Gasteiger charge is -2.17. The molecule has 2 aromatic carbocycles. The summed E-state index contributed by atoms with van der Waals surface area (Å²) < 4.78 is 0. The number of carbonyl (C=O) groups excluding carboxylic acids is 3. The van der Waals surface area contributed by atoms with Gasteiger partial charge in [0.15, 0.2) is 0 Å². The van der Waals surface area contributed by atoms with Crippen LogP contribution in [0.15, 0.2) is 54.6 Å². The zero-order valence-electron chi connectivity index (χ0n) is 15.8. The number of likely N-dealkylation sites (tertiary alicyclic amines) is 1. The number of imide groups is 1. The third-order valence-corrected chi connectivity index (χ3v) is 6.95. The SMILES string of the molecule is O=C(CN1C(=O)[C@@H]2[C@@H](C1=O)[C@H]1C=C[C@@H]2C1)Nc1ccc2c(c1)-c1ccccc1C2. The summed E-state index contributed by atoms with van der Waals surface area (Å²) in [6.07, 6.45) is 5.91. The molecule has 0 spiro atoms. The lowest BCUT2D eigenvalue weighted by molar-refractivity contribution is -0.143. The molecule has 5 nitrogen and oxygen atoms in total. The van der Waals surface area contributed by atoms with Gasteiger partial charge in [-0.1, -0.05) is 42.5 Å². The Balaban J connectivity index is 1.19. The first-order valence-corrected chi connectivity index (χ1v) is 10.1. The van der Waals surface area contributed by atoms with E-state index in [0.29, 0.717) is 5.69 Å². The van der Waals surface area contributed by atoms with Crippen molar-refractivity contribution in [2.24, 2.45) is 23.7 Å². The molecule has 1 aliphatic heterocycles. The number of hydrogen-bond donors (Lipinski definition) is 1. The molecule has 4 atom stereocenters. The van der Waals surface area contributed by atoms with Crippen LogP contribution < -0.4 is 5.32 Å². The van der Waals surface area contributed by atoms with Crippen molar-refractivity contribution in [1.82, 2.24) is 4.90 Å². The molecule has 3 aliphatic carbocycles. The summed E-state index contributed by atoms with van der Waals surface area (Å²) >= 11 is 0. The Morgan fingerprint density at radius 1 is 0.931 bits per heavy atom. The van der Waals surface area contributed by atoms with E-state index in [1.54, 1.807) is 0 Å². The van der Waals surface area contributed by atoms with Gasteiger partial charge < -0.3 is 5.32 Å². The molecule has 1 heterocycles. The Kier molecular flexibility index (Phi) is 3.40. The minimum absolute atomic E-state index is 0.159. The molecule has 0 radical (unpaired) electrons. The van der Waals surface area contributed by atoms with Gasteiger partial charge in [-0.15, -0.1) is 0 Å². The number of carbonyl (C=O) groups is 3. The number of allylic oxidation sites excluding steroid dienone is 2. The van der Waals surface area contributed by atoms with Gasteiger partial charge in [0, 0.05) is 5.69 Å². The van der Waals surface area contributed by atoms with E-state index in [1.807, 2.05) is 30.3 Å². The van der Waals surface area contributed by atoms with E-state index in [4.69, 9.17) is 0 Å². The van der Waals surface area contributed by atoms with Crippen LogP contribution in [0.25, 0.3) is 11.1 Å². The lowest BCUT2D eigenvalue weighted by atomic mass is 9.85. The van der Waals surface area contributed by atoms with Gasteiger partial charge in [-0.05, 0) is 59.1 Å². The number of benzene rings is 2. The van der Waals surface area contributed by atoms with Crippen LogP contribution in [0, 0.1) is 23.7 Å². The van der Waals surface area contributed by atoms with Crippen molar-refractivity contribution in [3.8, 4) is 11.1 Å². The van der Waals surface area contributed by atoms with Crippen molar-refractivity contribution in [3.05, 3.63) is 65.7 Å². The molecule has 4 aliphatic rings. The maximum atomic E-state index is 12.8. The van der Waals surface area contributed by atoms with E-state index in [9.17, 15) is 14.4 Å². The first-order valence-electron chi connectivity index (χ1n) is 10.1. The van der Waals surface area contributed by atoms with Crippen molar-refractivity contribution < 1.29 is 14.4 Å². The van der Waals surface area contributed by atoms with Gasteiger partial charge in [-0.2, -0.15) is 0 Å².